The van der Waals surface area contributed by atoms with Crippen molar-refractivity contribution in [3.05, 3.63) is 33.8 Å². The predicted molar refractivity (Wildman–Crippen MR) is 74.4 cm³/mol. The van der Waals surface area contributed by atoms with Crippen molar-refractivity contribution in [1.29, 1.82) is 0 Å². The molecule has 1 N–H and O–H groups in total. The van der Waals surface area contributed by atoms with Crippen molar-refractivity contribution in [2.75, 3.05) is 6.54 Å². The van der Waals surface area contributed by atoms with Crippen LogP contribution in [0.4, 0.5) is 0 Å². The maximum absolute atomic E-state index is 12.2. The Morgan fingerprint density at radius 3 is 2.83 bits per heavy atom. The molecule has 0 aromatic heterocycles. The maximum atomic E-state index is 12.2. The molecule has 0 saturated carbocycles. The largest absolute Gasteiger partial charge is 0.459 e. The second kappa shape index (κ2) is 5.02. The van der Waals surface area contributed by atoms with Crippen LogP contribution in [0.1, 0.15) is 37.9 Å². The lowest BCUT2D eigenvalue weighted by molar-refractivity contribution is -0.157. The van der Waals surface area contributed by atoms with Gasteiger partial charge in [-0.15, -0.1) is 0 Å². The first-order valence-corrected chi connectivity index (χ1v) is 6.91. The topological polar surface area (TPSA) is 38.3 Å². The van der Waals surface area contributed by atoms with Gasteiger partial charge in [0.2, 0.25) is 0 Å². The summed E-state index contributed by atoms with van der Waals surface area (Å²) in [6, 6.07) is 5.72. The predicted octanol–water partition coefficient (Wildman–Crippen LogP) is 2.98. The summed E-state index contributed by atoms with van der Waals surface area (Å²) in [7, 11) is 0. The number of benzene rings is 1. The summed E-state index contributed by atoms with van der Waals surface area (Å²) in [5, 5.41) is 3.23. The van der Waals surface area contributed by atoms with Crippen molar-refractivity contribution in [2.45, 2.75) is 38.8 Å². The fourth-order valence-corrected chi connectivity index (χ4v) is 2.47. The van der Waals surface area contributed by atoms with Gasteiger partial charge in [0.25, 0.3) is 0 Å². The molecule has 0 bridgehead atoms. The van der Waals surface area contributed by atoms with Crippen LogP contribution in [-0.2, 0) is 16.0 Å². The van der Waals surface area contributed by atoms with Gasteiger partial charge < -0.3 is 10.1 Å². The highest BCUT2D eigenvalue weighted by atomic mass is 79.9. The zero-order valence-corrected chi connectivity index (χ0v) is 12.5. The molecule has 2 rings (SSSR count). The summed E-state index contributed by atoms with van der Waals surface area (Å²) in [5.74, 6) is -0.207. The summed E-state index contributed by atoms with van der Waals surface area (Å²) >= 11 is 3.45. The van der Waals surface area contributed by atoms with Crippen LogP contribution in [0.2, 0.25) is 0 Å². The maximum Gasteiger partial charge on any atom is 0.328 e. The number of hydrogen-bond donors (Lipinski definition) is 1. The molecule has 1 aromatic rings. The van der Waals surface area contributed by atoms with Crippen molar-refractivity contribution < 1.29 is 9.53 Å². The smallest absolute Gasteiger partial charge is 0.328 e. The van der Waals surface area contributed by atoms with Crippen molar-refractivity contribution in [2.24, 2.45) is 0 Å². The molecule has 18 heavy (non-hydrogen) atoms. The monoisotopic (exact) mass is 311 g/mol. The Morgan fingerprint density at radius 1 is 1.44 bits per heavy atom. The van der Waals surface area contributed by atoms with E-state index in [2.05, 4.69) is 27.3 Å². The standard InChI is InChI=1S/C14H18BrNO2/c1-14(2,3)18-13(17)12-11-8-10(15)5-4-9(11)6-7-16-12/h4-5,8,12,16H,6-7H2,1-3H3. The quantitative estimate of drug-likeness (QED) is 0.810. The molecule has 1 aliphatic rings. The van der Waals surface area contributed by atoms with Crippen molar-refractivity contribution in [1.82, 2.24) is 5.32 Å². The fourth-order valence-electron chi connectivity index (χ4n) is 2.09. The van der Waals surface area contributed by atoms with E-state index >= 15 is 0 Å². The van der Waals surface area contributed by atoms with Gasteiger partial charge in [-0.05, 0) is 50.5 Å². The molecule has 0 amide bonds. The Balaban J connectivity index is 2.27. The first kappa shape index (κ1) is 13.6. The second-order valence-corrected chi connectivity index (χ2v) is 6.43. The number of fused-ring (bicyclic) bond motifs is 1. The van der Waals surface area contributed by atoms with Crippen LogP contribution in [0.3, 0.4) is 0 Å². The lowest BCUT2D eigenvalue weighted by Crippen LogP contribution is -2.39. The summed E-state index contributed by atoms with van der Waals surface area (Å²) < 4.78 is 6.44. The van der Waals surface area contributed by atoms with E-state index in [9.17, 15) is 4.79 Å². The number of hydrogen-bond acceptors (Lipinski definition) is 3. The van der Waals surface area contributed by atoms with Gasteiger partial charge in [0.15, 0.2) is 0 Å². The zero-order valence-electron chi connectivity index (χ0n) is 10.9. The van der Waals surface area contributed by atoms with Crippen LogP contribution in [0.15, 0.2) is 22.7 Å². The van der Waals surface area contributed by atoms with Crippen molar-refractivity contribution >= 4 is 21.9 Å². The highest BCUT2D eigenvalue weighted by molar-refractivity contribution is 9.10. The molecule has 1 unspecified atom stereocenters. The van der Waals surface area contributed by atoms with Gasteiger partial charge in [0.05, 0.1) is 0 Å². The van der Waals surface area contributed by atoms with E-state index < -0.39 is 5.60 Å². The summed E-state index contributed by atoms with van der Waals surface area (Å²) in [5.41, 5.74) is 1.78. The molecule has 0 radical (unpaired) electrons. The first-order chi connectivity index (χ1) is 8.37. The van der Waals surface area contributed by atoms with E-state index in [4.69, 9.17) is 4.74 Å². The third-order valence-corrected chi connectivity index (χ3v) is 3.30. The van der Waals surface area contributed by atoms with Gasteiger partial charge in [-0.2, -0.15) is 0 Å². The Kier molecular flexibility index (Phi) is 3.78. The Hall–Kier alpha value is -0.870. The van der Waals surface area contributed by atoms with Crippen LogP contribution < -0.4 is 5.32 Å². The van der Waals surface area contributed by atoms with E-state index in [1.807, 2.05) is 32.9 Å². The third kappa shape index (κ3) is 3.12. The highest BCUT2D eigenvalue weighted by Gasteiger charge is 2.30. The third-order valence-electron chi connectivity index (χ3n) is 2.80. The molecule has 0 fully saturated rings. The molecule has 4 heteroatoms. The molecular formula is C14H18BrNO2. The summed E-state index contributed by atoms with van der Waals surface area (Å²) in [6.07, 6.45) is 0.946. The molecule has 1 atom stereocenters. The fraction of sp³-hybridized carbons (Fsp3) is 0.500. The lowest BCUT2D eigenvalue weighted by atomic mass is 9.94. The highest BCUT2D eigenvalue weighted by Crippen LogP contribution is 2.28. The Labute approximate surface area is 116 Å². The summed E-state index contributed by atoms with van der Waals surface area (Å²) in [6.45, 7) is 6.46. The molecule has 0 saturated heterocycles. The van der Waals surface area contributed by atoms with Gasteiger partial charge in [-0.3, -0.25) is 0 Å². The van der Waals surface area contributed by atoms with E-state index in [-0.39, 0.29) is 12.0 Å². The number of ether oxygens (including phenoxy) is 1. The molecular weight excluding hydrogens is 294 g/mol. The average Bonchev–Trinajstić information content (AvgIpc) is 2.25. The Bertz CT molecular complexity index is 465. The molecule has 1 heterocycles. The normalized spacial score (nSPS) is 19.2. The molecule has 98 valence electrons. The van der Waals surface area contributed by atoms with Crippen LogP contribution in [-0.4, -0.2) is 18.1 Å². The van der Waals surface area contributed by atoms with Gasteiger partial charge in [-0.1, -0.05) is 22.0 Å². The number of nitrogens with one attached hydrogen (secondary N) is 1. The van der Waals surface area contributed by atoms with Gasteiger partial charge in [0.1, 0.15) is 11.6 Å². The van der Waals surface area contributed by atoms with Gasteiger partial charge >= 0.3 is 5.97 Å². The number of esters is 1. The van der Waals surface area contributed by atoms with Crippen LogP contribution in [0.5, 0.6) is 0 Å². The molecule has 1 aliphatic heterocycles. The molecule has 0 spiro atoms. The Morgan fingerprint density at radius 2 is 2.17 bits per heavy atom. The van der Waals surface area contributed by atoms with Crippen LogP contribution in [0, 0.1) is 0 Å². The lowest BCUT2D eigenvalue weighted by Gasteiger charge is -2.29. The minimum absolute atomic E-state index is 0.207. The van der Waals surface area contributed by atoms with Crippen molar-refractivity contribution in [3.8, 4) is 0 Å². The average molecular weight is 312 g/mol. The molecule has 0 aliphatic carbocycles. The molecule has 3 nitrogen and oxygen atoms in total. The zero-order chi connectivity index (χ0) is 13.3. The van der Waals surface area contributed by atoms with Crippen LogP contribution >= 0.6 is 15.9 Å². The number of carbonyl (C=O) groups is 1. The first-order valence-electron chi connectivity index (χ1n) is 6.11. The second-order valence-electron chi connectivity index (χ2n) is 5.51. The van der Waals surface area contributed by atoms with E-state index in [0.717, 1.165) is 23.0 Å². The number of halogens is 1. The van der Waals surface area contributed by atoms with E-state index in [0.29, 0.717) is 0 Å². The van der Waals surface area contributed by atoms with E-state index in [1.54, 1.807) is 0 Å². The summed E-state index contributed by atoms with van der Waals surface area (Å²) in [4.78, 5) is 12.2. The molecule has 1 aromatic carbocycles. The van der Waals surface area contributed by atoms with Gasteiger partial charge in [0, 0.05) is 11.0 Å². The number of carbonyl (C=O) groups excluding carboxylic acids is 1. The minimum atomic E-state index is -0.456. The SMILES string of the molecule is CC(C)(C)OC(=O)C1NCCc2ccc(Br)cc21. The van der Waals surface area contributed by atoms with Crippen LogP contribution in [0.25, 0.3) is 0 Å². The van der Waals surface area contributed by atoms with Crippen molar-refractivity contribution in [3.63, 3.8) is 0 Å². The van der Waals surface area contributed by atoms with Gasteiger partial charge in [-0.25, -0.2) is 4.79 Å². The minimum Gasteiger partial charge on any atom is -0.459 e. The number of rotatable bonds is 1. The van der Waals surface area contributed by atoms with E-state index in [1.165, 1.54) is 5.56 Å².